The van der Waals surface area contributed by atoms with Gasteiger partial charge in [-0.3, -0.25) is 0 Å². The van der Waals surface area contributed by atoms with E-state index in [0.717, 1.165) is 17.6 Å². The standard InChI is InChI=1S/C13H19BrN2/c1-9-4-5-11(14)7-12(9)13(15)10-3-2-6-16-8-10/h4-5,7,10,13,16H,2-3,6,8,15H2,1H3. The quantitative estimate of drug-likeness (QED) is 0.876. The topological polar surface area (TPSA) is 38.0 Å². The highest BCUT2D eigenvalue weighted by atomic mass is 79.9. The lowest BCUT2D eigenvalue weighted by Gasteiger charge is -2.29. The van der Waals surface area contributed by atoms with E-state index in [4.69, 9.17) is 5.73 Å². The number of halogens is 1. The first-order valence-electron chi connectivity index (χ1n) is 5.91. The number of benzene rings is 1. The van der Waals surface area contributed by atoms with Gasteiger partial charge in [0.05, 0.1) is 0 Å². The zero-order valence-electron chi connectivity index (χ0n) is 9.67. The third-order valence-corrected chi connectivity index (χ3v) is 3.94. The molecule has 2 unspecified atom stereocenters. The Morgan fingerprint density at radius 3 is 3.00 bits per heavy atom. The van der Waals surface area contributed by atoms with Crippen LogP contribution in [-0.2, 0) is 0 Å². The second-order valence-electron chi connectivity index (χ2n) is 4.63. The van der Waals surface area contributed by atoms with Crippen molar-refractivity contribution in [3.63, 3.8) is 0 Å². The maximum atomic E-state index is 6.38. The summed E-state index contributed by atoms with van der Waals surface area (Å²) in [7, 11) is 0. The first kappa shape index (κ1) is 12.1. The minimum atomic E-state index is 0.158. The average molecular weight is 283 g/mol. The maximum absolute atomic E-state index is 6.38. The molecule has 2 atom stereocenters. The molecule has 1 fully saturated rings. The van der Waals surface area contributed by atoms with Crippen LogP contribution in [0.2, 0.25) is 0 Å². The molecule has 2 rings (SSSR count). The molecule has 2 nitrogen and oxygen atoms in total. The van der Waals surface area contributed by atoms with Gasteiger partial charge in [-0.25, -0.2) is 0 Å². The van der Waals surface area contributed by atoms with Gasteiger partial charge in [0.25, 0.3) is 0 Å². The Hall–Kier alpha value is -0.380. The van der Waals surface area contributed by atoms with Crippen molar-refractivity contribution in [1.82, 2.24) is 5.32 Å². The van der Waals surface area contributed by atoms with Crippen molar-refractivity contribution in [2.75, 3.05) is 13.1 Å². The lowest BCUT2D eigenvalue weighted by atomic mass is 9.86. The fraction of sp³-hybridized carbons (Fsp3) is 0.538. The van der Waals surface area contributed by atoms with Gasteiger partial charge >= 0.3 is 0 Å². The second-order valence-corrected chi connectivity index (χ2v) is 5.55. The van der Waals surface area contributed by atoms with Crippen LogP contribution < -0.4 is 11.1 Å². The average Bonchev–Trinajstić information content (AvgIpc) is 2.32. The maximum Gasteiger partial charge on any atom is 0.0338 e. The summed E-state index contributed by atoms with van der Waals surface area (Å²) in [6.45, 7) is 4.33. The van der Waals surface area contributed by atoms with Crippen LogP contribution in [0.15, 0.2) is 22.7 Å². The van der Waals surface area contributed by atoms with E-state index in [1.54, 1.807) is 0 Å². The van der Waals surface area contributed by atoms with Crippen LogP contribution >= 0.6 is 15.9 Å². The zero-order valence-corrected chi connectivity index (χ0v) is 11.3. The SMILES string of the molecule is Cc1ccc(Br)cc1C(N)C1CCCNC1. The van der Waals surface area contributed by atoms with Crippen LogP contribution in [0.25, 0.3) is 0 Å². The second kappa shape index (κ2) is 5.30. The molecule has 88 valence electrons. The van der Waals surface area contributed by atoms with Gasteiger partial charge in [0.2, 0.25) is 0 Å². The largest absolute Gasteiger partial charge is 0.324 e. The molecule has 0 saturated carbocycles. The third-order valence-electron chi connectivity index (χ3n) is 3.44. The third kappa shape index (κ3) is 2.65. The van der Waals surface area contributed by atoms with Crippen LogP contribution in [0.5, 0.6) is 0 Å². The van der Waals surface area contributed by atoms with Crippen molar-refractivity contribution in [3.05, 3.63) is 33.8 Å². The molecule has 0 radical (unpaired) electrons. The Kier molecular flexibility index (Phi) is 4.00. The lowest BCUT2D eigenvalue weighted by Crippen LogP contribution is -2.36. The Balaban J connectivity index is 2.18. The number of piperidine rings is 1. The first-order valence-corrected chi connectivity index (χ1v) is 6.70. The van der Waals surface area contributed by atoms with E-state index in [2.05, 4.69) is 46.4 Å². The number of hydrogen-bond acceptors (Lipinski definition) is 2. The summed E-state index contributed by atoms with van der Waals surface area (Å²) in [4.78, 5) is 0. The molecule has 1 aliphatic heterocycles. The Morgan fingerprint density at radius 2 is 2.31 bits per heavy atom. The fourth-order valence-electron chi connectivity index (χ4n) is 2.41. The van der Waals surface area contributed by atoms with Crippen LogP contribution in [0.3, 0.4) is 0 Å². The van der Waals surface area contributed by atoms with Gasteiger partial charge in [-0.15, -0.1) is 0 Å². The molecule has 1 aromatic carbocycles. The predicted octanol–water partition coefficient (Wildman–Crippen LogP) is 2.76. The number of rotatable bonds is 2. The molecule has 1 aromatic rings. The molecule has 3 N–H and O–H groups in total. The molecule has 3 heteroatoms. The Labute approximate surface area is 106 Å². The smallest absolute Gasteiger partial charge is 0.0338 e. The van der Waals surface area contributed by atoms with E-state index in [0.29, 0.717) is 5.92 Å². The van der Waals surface area contributed by atoms with Crippen molar-refractivity contribution in [2.45, 2.75) is 25.8 Å². The molecule has 16 heavy (non-hydrogen) atoms. The molecule has 1 saturated heterocycles. The van der Waals surface area contributed by atoms with Crippen molar-refractivity contribution in [1.29, 1.82) is 0 Å². The summed E-state index contributed by atoms with van der Waals surface area (Å²) in [5.74, 6) is 0.571. The summed E-state index contributed by atoms with van der Waals surface area (Å²) >= 11 is 3.52. The summed E-state index contributed by atoms with van der Waals surface area (Å²) in [6, 6.07) is 6.53. The molecule has 0 bridgehead atoms. The van der Waals surface area contributed by atoms with Gasteiger partial charge in [-0.2, -0.15) is 0 Å². The predicted molar refractivity (Wildman–Crippen MR) is 71.4 cm³/mol. The van der Waals surface area contributed by atoms with Gasteiger partial charge < -0.3 is 11.1 Å². The number of nitrogens with two attached hydrogens (primary N) is 1. The fourth-order valence-corrected chi connectivity index (χ4v) is 2.79. The summed E-state index contributed by atoms with van der Waals surface area (Å²) in [5.41, 5.74) is 8.95. The van der Waals surface area contributed by atoms with Gasteiger partial charge in [-0.05, 0) is 62.0 Å². The van der Waals surface area contributed by atoms with Crippen molar-refractivity contribution >= 4 is 15.9 Å². The van der Waals surface area contributed by atoms with Crippen LogP contribution in [0.1, 0.15) is 30.0 Å². The van der Waals surface area contributed by atoms with Crippen molar-refractivity contribution in [3.8, 4) is 0 Å². The Morgan fingerprint density at radius 1 is 1.50 bits per heavy atom. The molecular weight excluding hydrogens is 264 g/mol. The van der Waals surface area contributed by atoms with E-state index in [-0.39, 0.29) is 6.04 Å². The molecule has 0 amide bonds. The molecular formula is C13H19BrN2. The van der Waals surface area contributed by atoms with Crippen LogP contribution in [-0.4, -0.2) is 13.1 Å². The lowest BCUT2D eigenvalue weighted by molar-refractivity contribution is 0.325. The monoisotopic (exact) mass is 282 g/mol. The summed E-state index contributed by atoms with van der Waals surface area (Å²) < 4.78 is 1.12. The minimum absolute atomic E-state index is 0.158. The Bertz CT molecular complexity index is 359. The van der Waals surface area contributed by atoms with E-state index in [1.807, 2.05) is 0 Å². The number of aryl methyl sites for hydroxylation is 1. The number of nitrogens with one attached hydrogen (secondary N) is 1. The van der Waals surface area contributed by atoms with Gasteiger partial charge in [0, 0.05) is 10.5 Å². The molecule has 1 aliphatic rings. The van der Waals surface area contributed by atoms with Gasteiger partial charge in [0.1, 0.15) is 0 Å². The van der Waals surface area contributed by atoms with E-state index < -0.39 is 0 Å². The van der Waals surface area contributed by atoms with E-state index in [9.17, 15) is 0 Å². The summed E-state index contributed by atoms with van der Waals surface area (Å²) in [5, 5.41) is 3.43. The van der Waals surface area contributed by atoms with Crippen LogP contribution in [0, 0.1) is 12.8 Å². The highest BCUT2D eigenvalue weighted by Gasteiger charge is 2.22. The van der Waals surface area contributed by atoms with Crippen molar-refractivity contribution in [2.24, 2.45) is 11.7 Å². The molecule has 0 spiro atoms. The molecule has 0 aliphatic carbocycles. The number of hydrogen-bond donors (Lipinski definition) is 2. The van der Waals surface area contributed by atoms with E-state index in [1.165, 1.54) is 24.0 Å². The van der Waals surface area contributed by atoms with Gasteiger partial charge in [0.15, 0.2) is 0 Å². The summed E-state index contributed by atoms with van der Waals surface area (Å²) in [6.07, 6.45) is 2.48. The zero-order chi connectivity index (χ0) is 11.5. The van der Waals surface area contributed by atoms with Gasteiger partial charge in [-0.1, -0.05) is 22.0 Å². The highest BCUT2D eigenvalue weighted by Crippen LogP contribution is 2.29. The first-order chi connectivity index (χ1) is 7.68. The highest BCUT2D eigenvalue weighted by molar-refractivity contribution is 9.10. The van der Waals surface area contributed by atoms with E-state index >= 15 is 0 Å². The molecule has 1 heterocycles. The van der Waals surface area contributed by atoms with Crippen molar-refractivity contribution < 1.29 is 0 Å². The normalized spacial score (nSPS) is 23.1. The minimum Gasteiger partial charge on any atom is -0.324 e. The van der Waals surface area contributed by atoms with Crippen LogP contribution in [0.4, 0.5) is 0 Å². The molecule has 0 aromatic heterocycles.